The van der Waals surface area contributed by atoms with E-state index in [2.05, 4.69) is 12.2 Å². The van der Waals surface area contributed by atoms with Crippen LogP contribution in [0.1, 0.15) is 24.1 Å². The Balaban J connectivity index is 1.80. The van der Waals surface area contributed by atoms with E-state index >= 15 is 0 Å². The Kier molecular flexibility index (Phi) is 3.60. The second-order valence-electron chi connectivity index (χ2n) is 5.14. The zero-order valence-electron chi connectivity index (χ0n) is 12.2. The van der Waals surface area contributed by atoms with Crippen LogP contribution < -0.4 is 14.8 Å². The number of fused-ring (bicyclic) bond motifs is 1. The first kappa shape index (κ1) is 13.6. The Hall–Kier alpha value is -2.36. The number of rotatable bonds is 4. The van der Waals surface area contributed by atoms with Crippen molar-refractivity contribution in [1.29, 1.82) is 0 Å². The van der Waals surface area contributed by atoms with Crippen molar-refractivity contribution in [2.75, 3.05) is 18.5 Å². The largest absolute Gasteiger partial charge is 0.508 e. The summed E-state index contributed by atoms with van der Waals surface area (Å²) >= 11 is 0. The molecule has 3 rings (SSSR count). The van der Waals surface area contributed by atoms with E-state index in [1.807, 2.05) is 31.2 Å². The van der Waals surface area contributed by atoms with Gasteiger partial charge in [0, 0.05) is 17.3 Å². The van der Waals surface area contributed by atoms with E-state index < -0.39 is 0 Å². The highest BCUT2D eigenvalue weighted by Crippen LogP contribution is 2.37. The third-order valence-electron chi connectivity index (χ3n) is 3.62. The topological polar surface area (TPSA) is 50.7 Å². The van der Waals surface area contributed by atoms with Crippen molar-refractivity contribution in [3.63, 3.8) is 0 Å². The lowest BCUT2D eigenvalue weighted by atomic mass is 10.1. The molecule has 21 heavy (non-hydrogen) atoms. The van der Waals surface area contributed by atoms with Gasteiger partial charge in [0.2, 0.25) is 0 Å². The van der Waals surface area contributed by atoms with Crippen LogP contribution in [0.25, 0.3) is 0 Å². The molecule has 0 aromatic heterocycles. The molecule has 4 nitrogen and oxygen atoms in total. The van der Waals surface area contributed by atoms with Crippen molar-refractivity contribution < 1.29 is 14.6 Å². The molecule has 1 heterocycles. The van der Waals surface area contributed by atoms with Gasteiger partial charge < -0.3 is 19.9 Å². The minimum absolute atomic E-state index is 0.0947. The molecule has 0 saturated carbocycles. The second-order valence-corrected chi connectivity index (χ2v) is 5.14. The van der Waals surface area contributed by atoms with Gasteiger partial charge in [0.05, 0.1) is 12.6 Å². The fourth-order valence-corrected chi connectivity index (χ4v) is 2.56. The smallest absolute Gasteiger partial charge is 0.128 e. The predicted molar refractivity (Wildman–Crippen MR) is 82.3 cm³/mol. The quantitative estimate of drug-likeness (QED) is 0.900. The number of hydrogen-bond donors (Lipinski definition) is 2. The standard InChI is InChI=1S/C17H19NO3/c1-3-20-13-5-7-15(11(2)8-13)18-16-10-21-17-9-12(19)4-6-14(16)17/h4-9,16,18-19H,3,10H2,1-2H3. The predicted octanol–water partition coefficient (Wildman–Crippen LogP) is 3.64. The van der Waals surface area contributed by atoms with E-state index in [1.165, 1.54) is 0 Å². The number of phenolic OH excluding ortho intramolecular Hbond substituents is 1. The van der Waals surface area contributed by atoms with Crippen molar-refractivity contribution >= 4 is 5.69 Å². The highest BCUT2D eigenvalue weighted by Gasteiger charge is 2.24. The number of hydrogen-bond acceptors (Lipinski definition) is 4. The van der Waals surface area contributed by atoms with Gasteiger partial charge in [-0.2, -0.15) is 0 Å². The van der Waals surface area contributed by atoms with E-state index in [4.69, 9.17) is 9.47 Å². The molecule has 0 spiro atoms. The molecule has 1 aliphatic heterocycles. The van der Waals surface area contributed by atoms with Crippen LogP contribution in [0.5, 0.6) is 17.2 Å². The third kappa shape index (κ3) is 2.75. The number of anilines is 1. The Morgan fingerprint density at radius 3 is 2.90 bits per heavy atom. The zero-order valence-corrected chi connectivity index (χ0v) is 12.2. The van der Waals surface area contributed by atoms with Crippen LogP contribution in [-0.2, 0) is 0 Å². The number of phenols is 1. The van der Waals surface area contributed by atoms with Crippen molar-refractivity contribution in [3.05, 3.63) is 47.5 Å². The van der Waals surface area contributed by atoms with Crippen LogP contribution in [-0.4, -0.2) is 18.3 Å². The minimum atomic E-state index is 0.0947. The van der Waals surface area contributed by atoms with Crippen LogP contribution >= 0.6 is 0 Å². The lowest BCUT2D eigenvalue weighted by Crippen LogP contribution is -2.12. The summed E-state index contributed by atoms with van der Waals surface area (Å²) in [6.45, 7) is 5.26. The monoisotopic (exact) mass is 285 g/mol. The maximum atomic E-state index is 9.48. The summed E-state index contributed by atoms with van der Waals surface area (Å²) in [4.78, 5) is 0. The molecule has 1 atom stereocenters. The molecule has 2 aromatic rings. The summed E-state index contributed by atoms with van der Waals surface area (Å²) in [6, 6.07) is 11.4. The molecule has 0 bridgehead atoms. The van der Waals surface area contributed by atoms with Crippen LogP contribution in [0.4, 0.5) is 5.69 Å². The van der Waals surface area contributed by atoms with E-state index in [0.29, 0.717) is 13.2 Å². The summed E-state index contributed by atoms with van der Waals surface area (Å²) in [7, 11) is 0. The van der Waals surface area contributed by atoms with E-state index in [0.717, 1.165) is 28.3 Å². The Morgan fingerprint density at radius 2 is 2.14 bits per heavy atom. The normalized spacial score (nSPS) is 16.2. The van der Waals surface area contributed by atoms with Crippen LogP contribution in [0, 0.1) is 6.92 Å². The summed E-state index contributed by atoms with van der Waals surface area (Å²) in [5.74, 6) is 1.86. The van der Waals surface area contributed by atoms with Gasteiger partial charge in [-0.3, -0.25) is 0 Å². The lowest BCUT2D eigenvalue weighted by molar-refractivity contribution is 0.337. The molecule has 2 aromatic carbocycles. The molecule has 0 radical (unpaired) electrons. The SMILES string of the molecule is CCOc1ccc(NC2COc3cc(O)ccc32)c(C)c1. The number of aryl methyl sites for hydroxylation is 1. The van der Waals surface area contributed by atoms with E-state index in [1.54, 1.807) is 12.1 Å². The Morgan fingerprint density at radius 1 is 1.29 bits per heavy atom. The second kappa shape index (κ2) is 5.56. The molecular formula is C17H19NO3. The fourth-order valence-electron chi connectivity index (χ4n) is 2.56. The number of benzene rings is 2. The molecule has 2 N–H and O–H groups in total. The first-order valence-corrected chi connectivity index (χ1v) is 7.13. The van der Waals surface area contributed by atoms with Gasteiger partial charge in [0.1, 0.15) is 23.9 Å². The average Bonchev–Trinajstić information content (AvgIpc) is 2.84. The number of nitrogens with one attached hydrogen (secondary N) is 1. The summed E-state index contributed by atoms with van der Waals surface area (Å²) in [5.41, 5.74) is 3.27. The van der Waals surface area contributed by atoms with Crippen molar-refractivity contribution in [2.24, 2.45) is 0 Å². The summed E-state index contributed by atoms with van der Waals surface area (Å²) in [5, 5.41) is 13.0. The van der Waals surface area contributed by atoms with Crippen LogP contribution in [0.3, 0.4) is 0 Å². The lowest BCUT2D eigenvalue weighted by Gasteiger charge is -2.16. The first-order chi connectivity index (χ1) is 10.2. The van der Waals surface area contributed by atoms with Crippen molar-refractivity contribution in [3.8, 4) is 17.2 Å². The molecule has 0 fully saturated rings. The molecule has 110 valence electrons. The van der Waals surface area contributed by atoms with Crippen molar-refractivity contribution in [2.45, 2.75) is 19.9 Å². The third-order valence-corrected chi connectivity index (χ3v) is 3.62. The van der Waals surface area contributed by atoms with Gasteiger partial charge in [-0.1, -0.05) is 0 Å². The maximum Gasteiger partial charge on any atom is 0.128 e. The van der Waals surface area contributed by atoms with Gasteiger partial charge >= 0.3 is 0 Å². The number of ether oxygens (including phenoxy) is 2. The highest BCUT2D eigenvalue weighted by atomic mass is 16.5. The minimum Gasteiger partial charge on any atom is -0.508 e. The Bertz CT molecular complexity index is 654. The molecular weight excluding hydrogens is 266 g/mol. The summed E-state index contributed by atoms with van der Waals surface area (Å²) < 4.78 is 11.1. The molecule has 1 aliphatic rings. The van der Waals surface area contributed by atoms with Gasteiger partial charge in [-0.05, 0) is 49.7 Å². The maximum absolute atomic E-state index is 9.48. The molecule has 0 amide bonds. The molecule has 1 unspecified atom stereocenters. The number of aromatic hydroxyl groups is 1. The van der Waals surface area contributed by atoms with Gasteiger partial charge in [-0.25, -0.2) is 0 Å². The Labute approximate surface area is 124 Å². The van der Waals surface area contributed by atoms with Gasteiger partial charge in [-0.15, -0.1) is 0 Å². The molecule has 0 aliphatic carbocycles. The zero-order chi connectivity index (χ0) is 14.8. The fraction of sp³-hybridized carbons (Fsp3) is 0.294. The summed E-state index contributed by atoms with van der Waals surface area (Å²) in [6.07, 6.45) is 0. The van der Waals surface area contributed by atoms with Crippen LogP contribution in [0.15, 0.2) is 36.4 Å². The van der Waals surface area contributed by atoms with Gasteiger partial charge in [0.25, 0.3) is 0 Å². The molecule has 4 heteroatoms. The van der Waals surface area contributed by atoms with E-state index in [-0.39, 0.29) is 11.8 Å². The van der Waals surface area contributed by atoms with E-state index in [9.17, 15) is 5.11 Å². The van der Waals surface area contributed by atoms with Crippen LogP contribution in [0.2, 0.25) is 0 Å². The van der Waals surface area contributed by atoms with Gasteiger partial charge in [0.15, 0.2) is 0 Å². The average molecular weight is 285 g/mol. The van der Waals surface area contributed by atoms with Crippen molar-refractivity contribution in [1.82, 2.24) is 0 Å². The molecule has 0 saturated heterocycles. The first-order valence-electron chi connectivity index (χ1n) is 7.13. The highest BCUT2D eigenvalue weighted by molar-refractivity contribution is 5.57.